The zero-order valence-corrected chi connectivity index (χ0v) is 8.84. The van der Waals surface area contributed by atoms with Crippen LogP contribution in [0, 0.1) is 0 Å². The summed E-state index contributed by atoms with van der Waals surface area (Å²) in [4.78, 5) is 13.1. The minimum absolute atomic E-state index is 0.173. The Morgan fingerprint density at radius 1 is 1.38 bits per heavy atom. The summed E-state index contributed by atoms with van der Waals surface area (Å²) in [7, 11) is 3.89. The second-order valence-corrected chi connectivity index (χ2v) is 3.88. The van der Waals surface area contributed by atoms with E-state index in [0.717, 1.165) is 6.42 Å². The summed E-state index contributed by atoms with van der Waals surface area (Å²) >= 11 is 0. The topological polar surface area (TPSA) is 32.3 Å². The minimum atomic E-state index is 0.173. The maximum Gasteiger partial charge on any atom is 0.219 e. The van der Waals surface area contributed by atoms with Gasteiger partial charge < -0.3 is 10.2 Å². The lowest BCUT2D eigenvalue weighted by Crippen LogP contribution is -2.50. The van der Waals surface area contributed by atoms with E-state index in [9.17, 15) is 4.79 Å². The second-order valence-electron chi connectivity index (χ2n) is 3.88. The van der Waals surface area contributed by atoms with Gasteiger partial charge in [0, 0.05) is 26.1 Å². The molecular formula is C10H20N2O. The highest BCUT2D eigenvalue weighted by Crippen LogP contribution is 2.22. The molecule has 0 heterocycles. The molecule has 0 radical (unpaired) electrons. The summed E-state index contributed by atoms with van der Waals surface area (Å²) in [5.41, 5.74) is 0. The third-order valence-electron chi connectivity index (χ3n) is 3.09. The van der Waals surface area contributed by atoms with E-state index in [1.54, 1.807) is 6.92 Å². The van der Waals surface area contributed by atoms with Gasteiger partial charge in [-0.15, -0.1) is 0 Å². The van der Waals surface area contributed by atoms with Crippen LogP contribution in [0.3, 0.4) is 0 Å². The van der Waals surface area contributed by atoms with Crippen LogP contribution in [-0.2, 0) is 4.79 Å². The van der Waals surface area contributed by atoms with Gasteiger partial charge in [-0.1, -0.05) is 12.8 Å². The van der Waals surface area contributed by atoms with E-state index in [1.165, 1.54) is 19.3 Å². The van der Waals surface area contributed by atoms with Gasteiger partial charge in [-0.3, -0.25) is 4.79 Å². The van der Waals surface area contributed by atoms with Crippen LogP contribution in [0.2, 0.25) is 0 Å². The third kappa shape index (κ3) is 2.44. The van der Waals surface area contributed by atoms with Crippen molar-refractivity contribution in [3.05, 3.63) is 0 Å². The average Bonchev–Trinajstić information content (AvgIpc) is 2.16. The first-order chi connectivity index (χ1) is 6.16. The monoisotopic (exact) mass is 184 g/mol. The molecule has 0 aromatic heterocycles. The predicted molar refractivity (Wildman–Crippen MR) is 53.5 cm³/mol. The summed E-state index contributed by atoms with van der Waals surface area (Å²) in [5.74, 6) is 0.173. The highest BCUT2D eigenvalue weighted by molar-refractivity contribution is 5.73. The Balaban J connectivity index is 2.58. The molecule has 0 aromatic carbocycles. The van der Waals surface area contributed by atoms with Gasteiger partial charge in [0.15, 0.2) is 0 Å². The number of amides is 1. The Morgan fingerprint density at radius 3 is 2.54 bits per heavy atom. The summed E-state index contributed by atoms with van der Waals surface area (Å²) in [6, 6.07) is 0.888. The fraction of sp³-hybridized carbons (Fsp3) is 0.900. The number of nitrogens with zero attached hydrogens (tertiary/aromatic N) is 1. The van der Waals surface area contributed by atoms with Crippen LogP contribution in [0.5, 0.6) is 0 Å². The normalized spacial score (nSPS) is 28.5. The van der Waals surface area contributed by atoms with Crippen molar-refractivity contribution in [3.8, 4) is 0 Å². The first-order valence-corrected chi connectivity index (χ1v) is 5.07. The van der Waals surface area contributed by atoms with Gasteiger partial charge in [-0.2, -0.15) is 0 Å². The number of hydrogen-bond acceptors (Lipinski definition) is 2. The highest BCUT2D eigenvalue weighted by atomic mass is 16.2. The zero-order chi connectivity index (χ0) is 9.84. The molecule has 1 aliphatic carbocycles. The van der Waals surface area contributed by atoms with Crippen molar-refractivity contribution >= 4 is 5.91 Å². The standard InChI is InChI=1S/C10H20N2O/c1-8(13)12(3)10-7-5-4-6-9(10)11-2/h9-11H,4-7H2,1-3H3. The molecule has 0 spiro atoms. The van der Waals surface area contributed by atoms with Crippen molar-refractivity contribution in [3.63, 3.8) is 0 Å². The van der Waals surface area contributed by atoms with Crippen molar-refractivity contribution in [2.45, 2.75) is 44.7 Å². The third-order valence-corrected chi connectivity index (χ3v) is 3.09. The van der Waals surface area contributed by atoms with Crippen LogP contribution in [0.25, 0.3) is 0 Å². The lowest BCUT2D eigenvalue weighted by molar-refractivity contribution is -0.130. The molecule has 2 atom stereocenters. The van der Waals surface area contributed by atoms with Crippen LogP contribution in [0.15, 0.2) is 0 Å². The molecule has 1 N–H and O–H groups in total. The average molecular weight is 184 g/mol. The van der Waals surface area contributed by atoms with Gasteiger partial charge in [-0.05, 0) is 19.9 Å². The van der Waals surface area contributed by atoms with Crippen molar-refractivity contribution in [1.82, 2.24) is 10.2 Å². The van der Waals surface area contributed by atoms with Gasteiger partial charge in [0.1, 0.15) is 0 Å². The van der Waals surface area contributed by atoms with Crippen molar-refractivity contribution in [1.29, 1.82) is 0 Å². The summed E-state index contributed by atoms with van der Waals surface area (Å²) in [5, 5.41) is 3.30. The molecule has 1 fully saturated rings. The van der Waals surface area contributed by atoms with E-state index in [-0.39, 0.29) is 5.91 Å². The number of hydrogen-bond donors (Lipinski definition) is 1. The quantitative estimate of drug-likeness (QED) is 0.694. The van der Waals surface area contributed by atoms with E-state index in [1.807, 2.05) is 19.0 Å². The van der Waals surface area contributed by atoms with Gasteiger partial charge in [0.2, 0.25) is 5.91 Å². The van der Waals surface area contributed by atoms with E-state index in [2.05, 4.69) is 5.32 Å². The summed E-state index contributed by atoms with van der Waals surface area (Å²) < 4.78 is 0. The maximum absolute atomic E-state index is 11.2. The van der Waals surface area contributed by atoms with Gasteiger partial charge in [-0.25, -0.2) is 0 Å². The molecule has 3 heteroatoms. The Labute approximate surface area is 80.5 Å². The minimum Gasteiger partial charge on any atom is -0.341 e. The molecule has 0 aliphatic heterocycles. The lowest BCUT2D eigenvalue weighted by atomic mass is 9.89. The summed E-state index contributed by atoms with van der Waals surface area (Å²) in [6.45, 7) is 1.64. The molecule has 0 saturated heterocycles. The number of rotatable bonds is 2. The number of carbonyl (C=O) groups is 1. The van der Waals surface area contributed by atoms with E-state index < -0.39 is 0 Å². The van der Waals surface area contributed by atoms with Gasteiger partial charge in [0.05, 0.1) is 0 Å². The number of likely N-dealkylation sites (N-methyl/N-ethyl adjacent to an activating group) is 2. The summed E-state index contributed by atoms with van der Waals surface area (Å²) in [6.07, 6.45) is 4.87. The fourth-order valence-corrected chi connectivity index (χ4v) is 2.15. The molecular weight excluding hydrogens is 164 g/mol. The molecule has 3 nitrogen and oxygen atoms in total. The predicted octanol–water partition coefficient (Wildman–Crippen LogP) is 0.995. The van der Waals surface area contributed by atoms with Crippen LogP contribution in [0.4, 0.5) is 0 Å². The fourth-order valence-electron chi connectivity index (χ4n) is 2.15. The van der Waals surface area contributed by atoms with Crippen molar-refractivity contribution < 1.29 is 4.79 Å². The number of carbonyl (C=O) groups excluding carboxylic acids is 1. The van der Waals surface area contributed by atoms with E-state index in [4.69, 9.17) is 0 Å². The van der Waals surface area contributed by atoms with Crippen molar-refractivity contribution in [2.24, 2.45) is 0 Å². The molecule has 13 heavy (non-hydrogen) atoms. The van der Waals surface area contributed by atoms with E-state index >= 15 is 0 Å². The van der Waals surface area contributed by atoms with Crippen LogP contribution in [0.1, 0.15) is 32.6 Å². The molecule has 76 valence electrons. The Morgan fingerprint density at radius 2 is 2.00 bits per heavy atom. The molecule has 1 amide bonds. The van der Waals surface area contributed by atoms with Crippen molar-refractivity contribution in [2.75, 3.05) is 14.1 Å². The maximum atomic E-state index is 11.2. The Hall–Kier alpha value is -0.570. The first kappa shape index (κ1) is 10.5. The Kier molecular flexibility index (Phi) is 3.72. The second kappa shape index (κ2) is 4.61. The smallest absolute Gasteiger partial charge is 0.219 e. The first-order valence-electron chi connectivity index (χ1n) is 5.07. The molecule has 2 unspecified atom stereocenters. The molecule has 0 bridgehead atoms. The molecule has 1 aliphatic rings. The largest absolute Gasteiger partial charge is 0.341 e. The van der Waals surface area contributed by atoms with Gasteiger partial charge >= 0.3 is 0 Å². The van der Waals surface area contributed by atoms with Crippen LogP contribution in [-0.4, -0.2) is 37.0 Å². The zero-order valence-electron chi connectivity index (χ0n) is 8.84. The highest BCUT2D eigenvalue weighted by Gasteiger charge is 2.27. The van der Waals surface area contributed by atoms with Crippen LogP contribution < -0.4 is 5.32 Å². The Bertz CT molecular complexity index is 182. The SMILES string of the molecule is CNC1CCCCC1N(C)C(C)=O. The molecule has 1 rings (SSSR count). The van der Waals surface area contributed by atoms with Crippen LogP contribution >= 0.6 is 0 Å². The number of nitrogens with one attached hydrogen (secondary N) is 1. The van der Waals surface area contributed by atoms with E-state index in [0.29, 0.717) is 12.1 Å². The molecule has 0 aromatic rings. The van der Waals surface area contributed by atoms with Gasteiger partial charge in [0.25, 0.3) is 0 Å². The molecule has 1 saturated carbocycles. The lowest BCUT2D eigenvalue weighted by Gasteiger charge is -2.37.